The summed E-state index contributed by atoms with van der Waals surface area (Å²) in [6, 6.07) is 7.24. The van der Waals surface area contributed by atoms with Crippen molar-refractivity contribution in [3.8, 4) is 0 Å². The van der Waals surface area contributed by atoms with Gasteiger partial charge >= 0.3 is 10.2 Å². The second-order valence-electron chi connectivity index (χ2n) is 3.57. The molecule has 0 aliphatic carbocycles. The summed E-state index contributed by atoms with van der Waals surface area (Å²) in [6.07, 6.45) is 1.62. The molecule has 17 heavy (non-hydrogen) atoms. The molecule has 2 N–H and O–H groups in total. The van der Waals surface area contributed by atoms with Crippen LogP contribution in [0.3, 0.4) is 0 Å². The second-order valence-corrected chi connectivity index (χ2v) is 5.60. The number of halogens is 1. The molecule has 0 saturated carbocycles. The molecule has 0 amide bonds. The first kappa shape index (κ1) is 12.1. The van der Waals surface area contributed by atoms with E-state index >= 15 is 0 Å². The molecule has 5 nitrogen and oxygen atoms in total. The van der Waals surface area contributed by atoms with Crippen LogP contribution in [-0.4, -0.2) is 24.4 Å². The monoisotopic (exact) mass is 274 g/mol. The van der Waals surface area contributed by atoms with Crippen LogP contribution in [-0.2, 0) is 16.6 Å². The van der Waals surface area contributed by atoms with E-state index in [9.17, 15) is 8.42 Å². The van der Waals surface area contributed by atoms with Gasteiger partial charge in [-0.15, -0.1) is 0 Å². The van der Waals surface area contributed by atoms with Crippen LogP contribution in [0.5, 0.6) is 0 Å². The standard InChI is InChI=1S/C10H11ClN2O3S/c11-9-4-2-1-3-8(9)5-6-13-7-10(14)12-17(13,15)16/h1-4,7,12,14H,5-6H2. The molecule has 0 atom stereocenters. The van der Waals surface area contributed by atoms with Crippen LogP contribution in [0.2, 0.25) is 5.02 Å². The van der Waals surface area contributed by atoms with Gasteiger partial charge in [0.15, 0.2) is 0 Å². The maximum atomic E-state index is 11.4. The largest absolute Gasteiger partial charge is 0.493 e. The fraction of sp³-hybridized carbons (Fsp3) is 0.200. The number of hydrogen-bond acceptors (Lipinski definition) is 3. The number of benzene rings is 1. The normalized spacial score (nSPS) is 17.7. The minimum atomic E-state index is -3.62. The average Bonchev–Trinajstić information content (AvgIpc) is 2.50. The molecular formula is C10H11ClN2O3S. The van der Waals surface area contributed by atoms with Crippen LogP contribution in [0.1, 0.15) is 5.56 Å². The van der Waals surface area contributed by atoms with Gasteiger partial charge in [0, 0.05) is 11.6 Å². The van der Waals surface area contributed by atoms with Crippen LogP contribution >= 0.6 is 11.6 Å². The van der Waals surface area contributed by atoms with E-state index in [1.54, 1.807) is 6.07 Å². The molecule has 0 spiro atoms. The lowest BCUT2D eigenvalue weighted by Crippen LogP contribution is -2.31. The van der Waals surface area contributed by atoms with Gasteiger partial charge < -0.3 is 5.11 Å². The van der Waals surface area contributed by atoms with Gasteiger partial charge in [0.1, 0.15) is 0 Å². The minimum Gasteiger partial charge on any atom is -0.493 e. The fourth-order valence-corrected chi connectivity index (χ4v) is 2.77. The number of hydrogen-bond donors (Lipinski definition) is 2. The van der Waals surface area contributed by atoms with Crippen molar-refractivity contribution in [2.24, 2.45) is 0 Å². The van der Waals surface area contributed by atoms with Crippen LogP contribution in [0, 0.1) is 0 Å². The molecular weight excluding hydrogens is 264 g/mol. The fourth-order valence-electron chi connectivity index (χ4n) is 1.54. The van der Waals surface area contributed by atoms with Crippen molar-refractivity contribution < 1.29 is 13.5 Å². The average molecular weight is 275 g/mol. The molecule has 1 heterocycles. The van der Waals surface area contributed by atoms with E-state index in [2.05, 4.69) is 0 Å². The van der Waals surface area contributed by atoms with Crippen molar-refractivity contribution in [2.75, 3.05) is 6.54 Å². The predicted octanol–water partition coefficient (Wildman–Crippen LogP) is 1.39. The molecule has 0 bridgehead atoms. The van der Waals surface area contributed by atoms with E-state index in [0.29, 0.717) is 11.4 Å². The summed E-state index contributed by atoms with van der Waals surface area (Å²) in [4.78, 5) is 0. The van der Waals surface area contributed by atoms with Gasteiger partial charge in [-0.2, -0.15) is 8.42 Å². The van der Waals surface area contributed by atoms with Gasteiger partial charge in [-0.25, -0.2) is 4.72 Å². The second kappa shape index (κ2) is 4.46. The Bertz CT molecular complexity index is 556. The van der Waals surface area contributed by atoms with Crippen molar-refractivity contribution in [2.45, 2.75) is 6.42 Å². The third kappa shape index (κ3) is 2.65. The molecule has 2 rings (SSSR count). The predicted molar refractivity (Wildman–Crippen MR) is 64.6 cm³/mol. The van der Waals surface area contributed by atoms with Gasteiger partial charge in [-0.3, -0.25) is 4.31 Å². The lowest BCUT2D eigenvalue weighted by atomic mass is 10.1. The molecule has 7 heteroatoms. The van der Waals surface area contributed by atoms with Crippen molar-refractivity contribution in [1.82, 2.24) is 9.03 Å². The number of rotatable bonds is 3. The Morgan fingerprint density at radius 1 is 1.35 bits per heavy atom. The Morgan fingerprint density at radius 2 is 2.06 bits per heavy atom. The number of aliphatic hydroxyl groups is 1. The quantitative estimate of drug-likeness (QED) is 0.875. The third-order valence-corrected chi connectivity index (χ3v) is 4.11. The van der Waals surface area contributed by atoms with Crippen LogP contribution in [0.4, 0.5) is 0 Å². The first-order chi connectivity index (χ1) is 7.99. The zero-order chi connectivity index (χ0) is 12.5. The first-order valence-electron chi connectivity index (χ1n) is 4.93. The molecule has 1 aromatic carbocycles. The molecule has 0 unspecified atom stereocenters. The topological polar surface area (TPSA) is 69.6 Å². The van der Waals surface area contributed by atoms with Crippen LogP contribution in [0.25, 0.3) is 0 Å². The van der Waals surface area contributed by atoms with E-state index in [4.69, 9.17) is 16.7 Å². The van der Waals surface area contributed by atoms with E-state index in [0.717, 1.165) is 16.1 Å². The summed E-state index contributed by atoms with van der Waals surface area (Å²) in [6.45, 7) is 0.225. The molecule has 1 aromatic rings. The highest BCUT2D eigenvalue weighted by atomic mass is 35.5. The first-order valence-corrected chi connectivity index (χ1v) is 6.74. The number of aliphatic hydroxyl groups excluding tert-OH is 1. The molecule has 0 aromatic heterocycles. The Labute approximate surface area is 104 Å². The molecule has 0 fully saturated rings. The summed E-state index contributed by atoms with van der Waals surface area (Å²) >= 11 is 5.96. The summed E-state index contributed by atoms with van der Waals surface area (Å²) in [5.41, 5.74) is 0.865. The molecule has 1 aliphatic heterocycles. The van der Waals surface area contributed by atoms with Crippen molar-refractivity contribution >= 4 is 21.8 Å². The minimum absolute atomic E-state index is 0.225. The number of nitrogens with zero attached hydrogens (tertiary/aromatic N) is 1. The maximum Gasteiger partial charge on any atom is 0.325 e. The Hall–Kier alpha value is -1.40. The summed E-state index contributed by atoms with van der Waals surface area (Å²) in [7, 11) is -3.62. The zero-order valence-electron chi connectivity index (χ0n) is 8.80. The SMILES string of the molecule is O=S1(=O)NC(O)=CN1CCc1ccccc1Cl. The van der Waals surface area contributed by atoms with E-state index in [1.807, 2.05) is 22.9 Å². The van der Waals surface area contributed by atoms with Crippen LogP contribution < -0.4 is 4.72 Å². The Kier molecular flexibility index (Phi) is 3.17. The maximum absolute atomic E-state index is 11.4. The highest BCUT2D eigenvalue weighted by molar-refractivity contribution is 7.87. The van der Waals surface area contributed by atoms with E-state index in [-0.39, 0.29) is 12.4 Å². The lowest BCUT2D eigenvalue weighted by molar-refractivity contribution is 0.390. The van der Waals surface area contributed by atoms with E-state index in [1.165, 1.54) is 0 Å². The van der Waals surface area contributed by atoms with E-state index < -0.39 is 10.2 Å². The summed E-state index contributed by atoms with van der Waals surface area (Å²) < 4.78 is 25.9. The highest BCUT2D eigenvalue weighted by Crippen LogP contribution is 2.17. The Balaban J connectivity index is 2.07. The van der Waals surface area contributed by atoms with Gasteiger partial charge in [0.05, 0.1) is 6.20 Å². The van der Waals surface area contributed by atoms with Crippen molar-refractivity contribution in [3.63, 3.8) is 0 Å². The highest BCUT2D eigenvalue weighted by Gasteiger charge is 2.26. The van der Waals surface area contributed by atoms with Gasteiger partial charge in [-0.05, 0) is 18.1 Å². The van der Waals surface area contributed by atoms with Crippen molar-refractivity contribution in [3.05, 3.63) is 46.9 Å². The van der Waals surface area contributed by atoms with Crippen molar-refractivity contribution in [1.29, 1.82) is 0 Å². The molecule has 1 aliphatic rings. The number of nitrogens with one attached hydrogen (secondary N) is 1. The Morgan fingerprint density at radius 3 is 2.65 bits per heavy atom. The zero-order valence-corrected chi connectivity index (χ0v) is 10.4. The lowest BCUT2D eigenvalue weighted by Gasteiger charge is -2.13. The molecule has 0 saturated heterocycles. The molecule has 0 radical (unpaired) electrons. The molecule has 92 valence electrons. The third-order valence-electron chi connectivity index (χ3n) is 2.37. The van der Waals surface area contributed by atoms with Gasteiger partial charge in [0.25, 0.3) is 0 Å². The summed E-state index contributed by atoms with van der Waals surface area (Å²) in [5, 5.41) is 9.69. The van der Waals surface area contributed by atoms with Gasteiger partial charge in [0.2, 0.25) is 5.88 Å². The smallest absolute Gasteiger partial charge is 0.325 e. The summed E-state index contributed by atoms with van der Waals surface area (Å²) in [5.74, 6) is -0.371. The van der Waals surface area contributed by atoms with Gasteiger partial charge in [-0.1, -0.05) is 29.8 Å². The van der Waals surface area contributed by atoms with Crippen LogP contribution in [0.15, 0.2) is 36.3 Å².